The molecular formula is C16H20N2O4. The Hall–Kier alpha value is -2.24. The maximum Gasteiger partial charge on any atom is 0.231 e. The van der Waals surface area contributed by atoms with Gasteiger partial charge in [0.1, 0.15) is 11.5 Å². The van der Waals surface area contributed by atoms with Crippen LogP contribution in [-0.4, -0.2) is 44.0 Å². The minimum Gasteiger partial charge on any atom is -0.497 e. The summed E-state index contributed by atoms with van der Waals surface area (Å²) in [6.07, 6.45) is 1.04. The standard InChI is InChI=1S/C16H20N2O4/c1-21-12-5-11(6-13(7-12)22-2)9-18-10-16(15(18)20)3-4-17-14(19)8-16/h5-7H,3-4,8-10H2,1-2H3,(H,17,19). The van der Waals surface area contributed by atoms with Gasteiger partial charge in [-0.1, -0.05) is 0 Å². The lowest BCUT2D eigenvalue weighted by atomic mass is 9.71. The highest BCUT2D eigenvalue weighted by molar-refractivity contribution is 5.94. The van der Waals surface area contributed by atoms with Gasteiger partial charge in [-0.05, 0) is 24.1 Å². The van der Waals surface area contributed by atoms with E-state index in [9.17, 15) is 9.59 Å². The van der Waals surface area contributed by atoms with Crippen molar-refractivity contribution in [2.24, 2.45) is 5.41 Å². The van der Waals surface area contributed by atoms with Crippen LogP contribution in [0.15, 0.2) is 18.2 Å². The lowest BCUT2D eigenvalue weighted by Gasteiger charge is -2.50. The maximum absolute atomic E-state index is 12.5. The first-order chi connectivity index (χ1) is 10.6. The summed E-state index contributed by atoms with van der Waals surface area (Å²) in [5, 5.41) is 2.78. The third-order valence-electron chi connectivity index (χ3n) is 4.44. The van der Waals surface area contributed by atoms with Gasteiger partial charge in [0.2, 0.25) is 11.8 Å². The molecular weight excluding hydrogens is 284 g/mol. The Morgan fingerprint density at radius 1 is 1.18 bits per heavy atom. The third-order valence-corrected chi connectivity index (χ3v) is 4.44. The van der Waals surface area contributed by atoms with Crippen LogP contribution in [0.25, 0.3) is 0 Å². The highest BCUT2D eigenvalue weighted by Crippen LogP contribution is 2.41. The van der Waals surface area contributed by atoms with E-state index in [1.54, 1.807) is 25.2 Å². The zero-order chi connectivity index (χ0) is 15.7. The van der Waals surface area contributed by atoms with E-state index in [-0.39, 0.29) is 11.8 Å². The smallest absolute Gasteiger partial charge is 0.231 e. The second kappa shape index (κ2) is 5.51. The maximum atomic E-state index is 12.5. The highest BCUT2D eigenvalue weighted by Gasteiger charge is 2.53. The fraction of sp³-hybridized carbons (Fsp3) is 0.500. The van der Waals surface area contributed by atoms with Crippen molar-refractivity contribution in [3.63, 3.8) is 0 Å². The molecule has 1 unspecified atom stereocenters. The van der Waals surface area contributed by atoms with E-state index in [1.807, 2.05) is 12.1 Å². The molecule has 0 bridgehead atoms. The normalized spacial score (nSPS) is 24.0. The van der Waals surface area contributed by atoms with Gasteiger partial charge in [-0.3, -0.25) is 9.59 Å². The number of nitrogens with one attached hydrogen (secondary N) is 1. The van der Waals surface area contributed by atoms with Crippen LogP contribution in [0.4, 0.5) is 0 Å². The average Bonchev–Trinajstić information content (AvgIpc) is 2.53. The van der Waals surface area contributed by atoms with Crippen molar-refractivity contribution in [1.29, 1.82) is 0 Å². The molecule has 2 fully saturated rings. The molecule has 1 spiro atoms. The van der Waals surface area contributed by atoms with Crippen LogP contribution in [0.5, 0.6) is 11.5 Å². The summed E-state index contributed by atoms with van der Waals surface area (Å²) in [6.45, 7) is 1.74. The topological polar surface area (TPSA) is 67.9 Å². The zero-order valence-corrected chi connectivity index (χ0v) is 12.8. The Kier molecular flexibility index (Phi) is 3.68. The van der Waals surface area contributed by atoms with Crippen LogP contribution in [0, 0.1) is 5.41 Å². The Labute approximate surface area is 129 Å². The van der Waals surface area contributed by atoms with Crippen molar-refractivity contribution < 1.29 is 19.1 Å². The summed E-state index contributed by atoms with van der Waals surface area (Å²) >= 11 is 0. The van der Waals surface area contributed by atoms with Gasteiger partial charge in [0.05, 0.1) is 19.6 Å². The fourth-order valence-electron chi connectivity index (χ4n) is 3.27. The number of nitrogens with zero attached hydrogens (tertiary/aromatic N) is 1. The van der Waals surface area contributed by atoms with Gasteiger partial charge < -0.3 is 19.7 Å². The first-order valence-corrected chi connectivity index (χ1v) is 7.34. The first-order valence-electron chi connectivity index (χ1n) is 7.34. The van der Waals surface area contributed by atoms with E-state index in [0.29, 0.717) is 37.6 Å². The van der Waals surface area contributed by atoms with Crippen LogP contribution >= 0.6 is 0 Å². The summed E-state index contributed by atoms with van der Waals surface area (Å²) in [4.78, 5) is 25.8. The van der Waals surface area contributed by atoms with Gasteiger partial charge in [0, 0.05) is 32.1 Å². The van der Waals surface area contributed by atoms with Gasteiger partial charge in [0.15, 0.2) is 0 Å². The molecule has 1 aromatic rings. The minimum atomic E-state index is -0.467. The molecule has 0 aliphatic carbocycles. The van der Waals surface area contributed by atoms with Crippen molar-refractivity contribution in [3.05, 3.63) is 23.8 Å². The molecule has 1 N–H and O–H groups in total. The number of β-lactam (4-membered cyclic amide) rings is 1. The lowest BCUT2D eigenvalue weighted by Crippen LogP contribution is -2.64. The van der Waals surface area contributed by atoms with Gasteiger partial charge in [-0.2, -0.15) is 0 Å². The Balaban J connectivity index is 1.70. The van der Waals surface area contributed by atoms with E-state index >= 15 is 0 Å². The molecule has 2 amide bonds. The molecule has 2 aliphatic heterocycles. The second-order valence-corrected chi connectivity index (χ2v) is 5.94. The van der Waals surface area contributed by atoms with Crippen molar-refractivity contribution in [1.82, 2.24) is 10.2 Å². The molecule has 2 heterocycles. The van der Waals surface area contributed by atoms with Crippen LogP contribution in [0.2, 0.25) is 0 Å². The number of hydrogen-bond acceptors (Lipinski definition) is 4. The summed E-state index contributed by atoms with van der Waals surface area (Å²) in [5.74, 6) is 1.45. The Morgan fingerprint density at radius 2 is 1.86 bits per heavy atom. The van der Waals surface area contributed by atoms with Crippen molar-refractivity contribution in [2.75, 3.05) is 27.3 Å². The molecule has 6 nitrogen and oxygen atoms in total. The largest absolute Gasteiger partial charge is 0.497 e. The molecule has 118 valence electrons. The third kappa shape index (κ3) is 2.49. The molecule has 1 aromatic carbocycles. The number of carbonyl (C=O) groups excluding carboxylic acids is 2. The number of piperidine rings is 1. The van der Waals surface area contributed by atoms with Crippen LogP contribution in [-0.2, 0) is 16.1 Å². The molecule has 6 heteroatoms. The molecule has 22 heavy (non-hydrogen) atoms. The molecule has 0 radical (unpaired) electrons. The van der Waals surface area contributed by atoms with Crippen LogP contribution < -0.4 is 14.8 Å². The van der Waals surface area contributed by atoms with Crippen molar-refractivity contribution in [2.45, 2.75) is 19.4 Å². The number of benzene rings is 1. The molecule has 3 rings (SSSR count). The highest BCUT2D eigenvalue weighted by atomic mass is 16.5. The minimum absolute atomic E-state index is 0.0256. The molecule has 0 saturated carbocycles. The van der Waals surface area contributed by atoms with E-state index in [2.05, 4.69) is 5.32 Å². The quantitative estimate of drug-likeness (QED) is 0.841. The van der Waals surface area contributed by atoms with E-state index in [0.717, 1.165) is 12.0 Å². The van der Waals surface area contributed by atoms with Gasteiger partial charge >= 0.3 is 0 Å². The first kappa shape index (κ1) is 14.7. The van der Waals surface area contributed by atoms with Crippen LogP contribution in [0.1, 0.15) is 18.4 Å². The number of ether oxygens (including phenoxy) is 2. The Bertz CT molecular complexity index is 594. The zero-order valence-electron chi connectivity index (χ0n) is 12.8. The van der Waals surface area contributed by atoms with Gasteiger partial charge in [-0.15, -0.1) is 0 Å². The van der Waals surface area contributed by atoms with Gasteiger partial charge in [0.25, 0.3) is 0 Å². The number of amides is 2. The molecule has 2 saturated heterocycles. The molecule has 0 aromatic heterocycles. The molecule has 2 aliphatic rings. The van der Waals surface area contributed by atoms with Crippen molar-refractivity contribution >= 4 is 11.8 Å². The summed E-state index contributed by atoms with van der Waals surface area (Å²) < 4.78 is 10.5. The molecule has 1 atom stereocenters. The predicted octanol–water partition coefficient (Wildman–Crippen LogP) is 0.942. The second-order valence-electron chi connectivity index (χ2n) is 5.94. The van der Waals surface area contributed by atoms with E-state index < -0.39 is 5.41 Å². The van der Waals surface area contributed by atoms with E-state index in [4.69, 9.17) is 9.47 Å². The fourth-order valence-corrected chi connectivity index (χ4v) is 3.27. The Morgan fingerprint density at radius 3 is 2.41 bits per heavy atom. The monoisotopic (exact) mass is 304 g/mol. The SMILES string of the molecule is COc1cc(CN2CC3(CCNC(=O)C3)C2=O)cc(OC)c1. The lowest BCUT2D eigenvalue weighted by molar-refractivity contribution is -0.167. The summed E-state index contributed by atoms with van der Waals surface area (Å²) in [6, 6.07) is 5.59. The average molecular weight is 304 g/mol. The number of hydrogen-bond donors (Lipinski definition) is 1. The van der Waals surface area contributed by atoms with E-state index in [1.165, 1.54) is 0 Å². The number of rotatable bonds is 4. The van der Waals surface area contributed by atoms with Gasteiger partial charge in [-0.25, -0.2) is 0 Å². The van der Waals surface area contributed by atoms with Crippen molar-refractivity contribution in [3.8, 4) is 11.5 Å². The predicted molar refractivity (Wildman–Crippen MR) is 79.6 cm³/mol. The summed E-state index contributed by atoms with van der Waals surface area (Å²) in [7, 11) is 3.20. The summed E-state index contributed by atoms with van der Waals surface area (Å²) in [5.41, 5.74) is 0.491. The van der Waals surface area contributed by atoms with Crippen LogP contribution in [0.3, 0.4) is 0 Å². The number of likely N-dealkylation sites (tertiary alicyclic amines) is 1. The number of carbonyl (C=O) groups is 2. The number of methoxy groups -OCH3 is 2.